The van der Waals surface area contributed by atoms with Crippen molar-refractivity contribution in [1.29, 1.82) is 0 Å². The lowest BCUT2D eigenvalue weighted by atomic mass is 10.1. The van der Waals surface area contributed by atoms with Crippen molar-refractivity contribution < 1.29 is 9.52 Å². The predicted molar refractivity (Wildman–Crippen MR) is 82.5 cm³/mol. The van der Waals surface area contributed by atoms with Crippen LogP contribution in [-0.4, -0.2) is 16.2 Å². The predicted octanol–water partition coefficient (Wildman–Crippen LogP) is 4.18. The van der Waals surface area contributed by atoms with Gasteiger partial charge in [0, 0.05) is 28.0 Å². The summed E-state index contributed by atoms with van der Waals surface area (Å²) in [5.74, 6) is 1.56. The third-order valence-electron chi connectivity index (χ3n) is 3.10. The van der Waals surface area contributed by atoms with Gasteiger partial charge in [0.15, 0.2) is 0 Å². The van der Waals surface area contributed by atoms with Crippen molar-refractivity contribution in [3.05, 3.63) is 52.8 Å². The average Bonchev–Trinajstić information content (AvgIpc) is 2.85. The zero-order valence-corrected chi connectivity index (χ0v) is 12.6. The van der Waals surface area contributed by atoms with E-state index in [-0.39, 0.29) is 0 Å². The van der Waals surface area contributed by atoms with E-state index in [9.17, 15) is 5.11 Å². The summed E-state index contributed by atoms with van der Waals surface area (Å²) in [5, 5.41) is 10.5. The van der Waals surface area contributed by atoms with Crippen LogP contribution in [0.4, 0.5) is 0 Å². The van der Waals surface area contributed by atoms with Crippen LogP contribution in [-0.2, 0) is 6.42 Å². The standard InChI is InChI=1S/C16H14BrNO2/c1-10(19)7-13-5-6-15(20-13)14-4-2-3-11-8-12(17)9-18-16(11)14/h2-6,8-10,19H,7H2,1H3. The van der Waals surface area contributed by atoms with Gasteiger partial charge in [-0.25, -0.2) is 0 Å². The first-order valence-corrected chi connectivity index (χ1v) is 7.24. The van der Waals surface area contributed by atoms with Crippen LogP contribution in [0.15, 0.2) is 51.5 Å². The van der Waals surface area contributed by atoms with E-state index < -0.39 is 6.10 Å². The molecule has 3 rings (SSSR count). The van der Waals surface area contributed by atoms with Gasteiger partial charge in [-0.1, -0.05) is 12.1 Å². The highest BCUT2D eigenvalue weighted by molar-refractivity contribution is 9.10. The number of furan rings is 1. The largest absolute Gasteiger partial charge is 0.461 e. The van der Waals surface area contributed by atoms with Gasteiger partial charge in [-0.2, -0.15) is 0 Å². The molecule has 102 valence electrons. The molecule has 0 spiro atoms. The Morgan fingerprint density at radius 3 is 2.95 bits per heavy atom. The van der Waals surface area contributed by atoms with Crippen LogP contribution in [0.25, 0.3) is 22.2 Å². The molecular weight excluding hydrogens is 318 g/mol. The minimum atomic E-state index is -0.407. The molecule has 0 bridgehead atoms. The number of halogens is 1. The van der Waals surface area contributed by atoms with Crippen LogP contribution >= 0.6 is 15.9 Å². The van der Waals surface area contributed by atoms with Gasteiger partial charge in [0.1, 0.15) is 11.5 Å². The number of hydrogen-bond donors (Lipinski definition) is 1. The van der Waals surface area contributed by atoms with Crippen molar-refractivity contribution in [1.82, 2.24) is 4.98 Å². The molecule has 0 amide bonds. The number of pyridine rings is 1. The first-order chi connectivity index (χ1) is 9.63. The van der Waals surface area contributed by atoms with Gasteiger partial charge >= 0.3 is 0 Å². The van der Waals surface area contributed by atoms with Gasteiger partial charge in [-0.15, -0.1) is 0 Å². The molecule has 0 aliphatic heterocycles. The molecule has 0 aliphatic carbocycles. The topological polar surface area (TPSA) is 46.3 Å². The van der Waals surface area contributed by atoms with E-state index in [1.807, 2.05) is 36.4 Å². The molecule has 0 saturated carbocycles. The number of aliphatic hydroxyl groups is 1. The van der Waals surface area contributed by atoms with E-state index in [1.54, 1.807) is 13.1 Å². The van der Waals surface area contributed by atoms with Crippen LogP contribution in [0.1, 0.15) is 12.7 Å². The molecule has 1 unspecified atom stereocenters. The second-order valence-corrected chi connectivity index (χ2v) is 5.77. The highest BCUT2D eigenvalue weighted by atomic mass is 79.9. The summed E-state index contributed by atoms with van der Waals surface area (Å²) in [5.41, 5.74) is 1.88. The molecule has 0 radical (unpaired) electrons. The molecule has 1 N–H and O–H groups in total. The summed E-state index contributed by atoms with van der Waals surface area (Å²) in [6, 6.07) is 11.9. The molecule has 2 heterocycles. The quantitative estimate of drug-likeness (QED) is 0.783. The SMILES string of the molecule is CC(O)Cc1ccc(-c2cccc3cc(Br)cnc23)o1. The minimum Gasteiger partial charge on any atom is -0.461 e. The second-order valence-electron chi connectivity index (χ2n) is 4.85. The van der Waals surface area contributed by atoms with Crippen molar-refractivity contribution in [2.45, 2.75) is 19.4 Å². The van der Waals surface area contributed by atoms with Crippen LogP contribution in [0.5, 0.6) is 0 Å². The van der Waals surface area contributed by atoms with Crippen molar-refractivity contribution in [3.63, 3.8) is 0 Å². The number of rotatable bonds is 3. The van der Waals surface area contributed by atoms with E-state index in [4.69, 9.17) is 4.42 Å². The molecule has 0 saturated heterocycles. The zero-order valence-electron chi connectivity index (χ0n) is 11.0. The lowest BCUT2D eigenvalue weighted by molar-refractivity contribution is 0.187. The maximum absolute atomic E-state index is 9.41. The summed E-state index contributed by atoms with van der Waals surface area (Å²) in [6.45, 7) is 1.75. The number of fused-ring (bicyclic) bond motifs is 1. The average molecular weight is 332 g/mol. The van der Waals surface area contributed by atoms with E-state index in [2.05, 4.69) is 20.9 Å². The molecular formula is C16H14BrNO2. The van der Waals surface area contributed by atoms with Gasteiger partial charge in [0.25, 0.3) is 0 Å². The summed E-state index contributed by atoms with van der Waals surface area (Å²) in [7, 11) is 0. The van der Waals surface area contributed by atoms with Crippen molar-refractivity contribution >= 4 is 26.8 Å². The van der Waals surface area contributed by atoms with Crippen LogP contribution in [0.2, 0.25) is 0 Å². The van der Waals surface area contributed by atoms with Gasteiger partial charge < -0.3 is 9.52 Å². The fraction of sp³-hybridized carbons (Fsp3) is 0.188. The summed E-state index contributed by atoms with van der Waals surface area (Å²) in [4.78, 5) is 4.47. The Kier molecular flexibility index (Phi) is 3.59. The third kappa shape index (κ3) is 2.62. The Bertz CT molecular complexity index is 749. The lowest BCUT2D eigenvalue weighted by Crippen LogP contribution is -2.02. The second kappa shape index (κ2) is 5.38. The van der Waals surface area contributed by atoms with E-state index in [0.29, 0.717) is 6.42 Å². The van der Waals surface area contributed by atoms with E-state index >= 15 is 0 Å². The molecule has 0 aliphatic rings. The number of nitrogens with zero attached hydrogens (tertiary/aromatic N) is 1. The lowest BCUT2D eigenvalue weighted by Gasteiger charge is -2.04. The van der Waals surface area contributed by atoms with E-state index in [1.165, 1.54) is 0 Å². The molecule has 4 heteroatoms. The first kappa shape index (κ1) is 13.3. The minimum absolute atomic E-state index is 0.407. The van der Waals surface area contributed by atoms with Gasteiger partial charge in [-0.05, 0) is 47.1 Å². The highest BCUT2D eigenvalue weighted by Gasteiger charge is 2.11. The molecule has 2 aromatic heterocycles. The number of aliphatic hydroxyl groups excluding tert-OH is 1. The number of para-hydroxylation sites is 1. The zero-order chi connectivity index (χ0) is 14.1. The molecule has 0 fully saturated rings. The van der Waals surface area contributed by atoms with Gasteiger partial charge in [0.2, 0.25) is 0 Å². The van der Waals surface area contributed by atoms with Crippen molar-refractivity contribution in [2.75, 3.05) is 0 Å². The third-order valence-corrected chi connectivity index (χ3v) is 3.53. The molecule has 1 aromatic carbocycles. The highest BCUT2D eigenvalue weighted by Crippen LogP contribution is 2.30. The molecule has 1 atom stereocenters. The summed E-state index contributed by atoms with van der Waals surface area (Å²) < 4.78 is 6.76. The normalized spacial score (nSPS) is 12.8. The maximum atomic E-state index is 9.41. The van der Waals surface area contributed by atoms with Crippen LogP contribution in [0, 0.1) is 0 Å². The Morgan fingerprint density at radius 1 is 1.30 bits per heavy atom. The molecule has 3 nitrogen and oxygen atoms in total. The van der Waals surface area contributed by atoms with E-state index in [0.717, 1.165) is 32.5 Å². The Labute approximate surface area is 125 Å². The van der Waals surface area contributed by atoms with Crippen LogP contribution < -0.4 is 0 Å². The summed E-state index contributed by atoms with van der Waals surface area (Å²) in [6.07, 6.45) is 1.89. The van der Waals surface area contributed by atoms with Gasteiger partial charge in [-0.3, -0.25) is 4.98 Å². The number of benzene rings is 1. The maximum Gasteiger partial charge on any atom is 0.136 e. The Morgan fingerprint density at radius 2 is 2.15 bits per heavy atom. The van der Waals surface area contributed by atoms with Crippen molar-refractivity contribution in [3.8, 4) is 11.3 Å². The van der Waals surface area contributed by atoms with Crippen LogP contribution in [0.3, 0.4) is 0 Å². The fourth-order valence-electron chi connectivity index (χ4n) is 2.26. The van der Waals surface area contributed by atoms with Gasteiger partial charge in [0.05, 0.1) is 11.6 Å². The Balaban J connectivity index is 2.07. The molecule has 3 aromatic rings. The number of hydrogen-bond acceptors (Lipinski definition) is 3. The Hall–Kier alpha value is -1.65. The first-order valence-electron chi connectivity index (χ1n) is 6.45. The smallest absolute Gasteiger partial charge is 0.136 e. The summed E-state index contributed by atoms with van der Waals surface area (Å²) >= 11 is 3.43. The van der Waals surface area contributed by atoms with Crippen molar-refractivity contribution in [2.24, 2.45) is 0 Å². The number of aromatic nitrogens is 1. The monoisotopic (exact) mass is 331 g/mol. The molecule has 20 heavy (non-hydrogen) atoms. The fourth-order valence-corrected chi connectivity index (χ4v) is 2.61.